The summed E-state index contributed by atoms with van der Waals surface area (Å²) in [6, 6.07) is 14.7. The van der Waals surface area contributed by atoms with Gasteiger partial charge in [-0.1, -0.05) is 18.2 Å². The van der Waals surface area contributed by atoms with E-state index in [4.69, 9.17) is 9.47 Å². The van der Waals surface area contributed by atoms with Crippen molar-refractivity contribution < 1.29 is 19.4 Å². The van der Waals surface area contributed by atoms with Crippen LogP contribution in [0.1, 0.15) is 28.5 Å². The highest BCUT2D eigenvalue weighted by Gasteiger charge is 2.17. The quantitative estimate of drug-likeness (QED) is 0.474. The topological polar surface area (TPSA) is 98.0 Å². The highest BCUT2D eigenvalue weighted by molar-refractivity contribution is 6.01. The molecule has 2 N–H and O–H groups in total. The van der Waals surface area contributed by atoms with E-state index in [2.05, 4.69) is 15.6 Å². The summed E-state index contributed by atoms with van der Waals surface area (Å²) in [7, 11) is 3.20. The predicted molar refractivity (Wildman–Crippen MR) is 109 cm³/mol. The van der Waals surface area contributed by atoms with Gasteiger partial charge in [0.15, 0.2) is 11.4 Å². The van der Waals surface area contributed by atoms with Crippen LogP contribution in [0, 0.1) is 0 Å². The maximum absolute atomic E-state index is 12.4. The molecule has 0 saturated heterocycles. The van der Waals surface area contributed by atoms with Gasteiger partial charge in [0, 0.05) is 12.7 Å². The van der Waals surface area contributed by atoms with Crippen LogP contribution in [0.2, 0.25) is 0 Å². The zero-order valence-corrected chi connectivity index (χ0v) is 16.4. The van der Waals surface area contributed by atoms with E-state index in [1.54, 1.807) is 21.1 Å². The zero-order valence-electron chi connectivity index (χ0n) is 16.4. The lowest BCUT2D eigenvalue weighted by molar-refractivity contribution is 0.0947. The van der Waals surface area contributed by atoms with Crippen LogP contribution in [-0.4, -0.2) is 40.7 Å². The van der Waals surface area contributed by atoms with E-state index in [0.717, 1.165) is 16.8 Å². The van der Waals surface area contributed by atoms with Gasteiger partial charge in [0.25, 0.3) is 5.91 Å². The van der Waals surface area contributed by atoms with Gasteiger partial charge in [-0.15, -0.1) is 0 Å². The summed E-state index contributed by atoms with van der Waals surface area (Å²) in [5.41, 5.74) is 5.30. The molecule has 0 saturated carbocycles. The van der Waals surface area contributed by atoms with Crippen LogP contribution in [-0.2, 0) is 11.3 Å². The van der Waals surface area contributed by atoms with Crippen LogP contribution in [0.15, 0.2) is 59.8 Å². The fourth-order valence-electron chi connectivity index (χ4n) is 2.76. The maximum atomic E-state index is 12.4. The van der Waals surface area contributed by atoms with Gasteiger partial charge in [-0.05, 0) is 42.8 Å². The van der Waals surface area contributed by atoms with Crippen molar-refractivity contribution in [3.05, 3.63) is 71.5 Å². The van der Waals surface area contributed by atoms with Gasteiger partial charge < -0.3 is 14.6 Å². The van der Waals surface area contributed by atoms with Crippen LogP contribution in [0.4, 0.5) is 0 Å². The van der Waals surface area contributed by atoms with E-state index in [-0.39, 0.29) is 11.4 Å². The number of ether oxygens (including phenoxy) is 2. The van der Waals surface area contributed by atoms with E-state index in [9.17, 15) is 9.90 Å². The van der Waals surface area contributed by atoms with Gasteiger partial charge in [0.2, 0.25) is 0 Å². The van der Waals surface area contributed by atoms with E-state index < -0.39 is 5.91 Å². The Labute approximate surface area is 168 Å². The molecule has 1 amide bonds. The number of hydrogen-bond donors (Lipinski definition) is 2. The molecule has 0 radical (unpaired) electrons. The third-order valence-corrected chi connectivity index (χ3v) is 4.25. The lowest BCUT2D eigenvalue weighted by atomic mass is 10.1. The number of carbonyl (C=O) groups is 1. The minimum Gasteiger partial charge on any atom is -0.504 e. The zero-order chi connectivity index (χ0) is 20.8. The molecule has 0 aliphatic heterocycles. The Hall–Kier alpha value is -3.65. The molecule has 29 heavy (non-hydrogen) atoms. The molecular formula is C21H22N4O4. The molecule has 0 fully saturated rings. The highest BCUT2D eigenvalue weighted by atomic mass is 16.5. The third kappa shape index (κ3) is 4.61. The summed E-state index contributed by atoms with van der Waals surface area (Å²) in [6.45, 7) is 2.16. The number of rotatable bonds is 7. The van der Waals surface area contributed by atoms with Crippen LogP contribution >= 0.6 is 0 Å². The molecule has 0 unspecified atom stereocenters. The maximum Gasteiger partial charge on any atom is 0.295 e. The first-order chi connectivity index (χ1) is 14.0. The normalized spacial score (nSPS) is 11.3. The number of carbonyl (C=O) groups excluding carboxylic acids is 1. The number of methoxy groups -OCH3 is 2. The van der Waals surface area contributed by atoms with E-state index in [1.165, 1.54) is 10.9 Å². The van der Waals surface area contributed by atoms with Crippen LogP contribution in [0.5, 0.6) is 11.5 Å². The van der Waals surface area contributed by atoms with Gasteiger partial charge in [-0.25, -0.2) is 10.1 Å². The second-order valence-electron chi connectivity index (χ2n) is 6.24. The smallest absolute Gasteiger partial charge is 0.295 e. The number of nitrogens with zero attached hydrogens (tertiary/aromatic N) is 3. The number of hydrazone groups is 1. The average molecular weight is 394 g/mol. The monoisotopic (exact) mass is 394 g/mol. The molecule has 0 bridgehead atoms. The largest absolute Gasteiger partial charge is 0.504 e. The Morgan fingerprint density at radius 2 is 1.97 bits per heavy atom. The van der Waals surface area contributed by atoms with Crippen LogP contribution < -0.4 is 10.2 Å². The second-order valence-corrected chi connectivity index (χ2v) is 6.24. The molecule has 8 heteroatoms. The molecule has 3 aromatic rings. The number of nitrogens with one attached hydrogen (secondary N) is 1. The molecular weight excluding hydrogens is 372 g/mol. The number of amides is 1. The Morgan fingerprint density at radius 3 is 2.66 bits per heavy atom. The fourth-order valence-corrected chi connectivity index (χ4v) is 2.76. The van der Waals surface area contributed by atoms with E-state index in [0.29, 0.717) is 18.1 Å². The van der Waals surface area contributed by atoms with Crippen molar-refractivity contribution in [1.82, 2.24) is 15.2 Å². The van der Waals surface area contributed by atoms with Crippen molar-refractivity contribution >= 4 is 11.6 Å². The minimum atomic E-state index is -0.609. The van der Waals surface area contributed by atoms with Crippen molar-refractivity contribution in [2.75, 3.05) is 14.2 Å². The Kier molecular flexibility index (Phi) is 6.25. The van der Waals surface area contributed by atoms with Crippen molar-refractivity contribution in [2.45, 2.75) is 13.5 Å². The first-order valence-electron chi connectivity index (χ1n) is 8.88. The number of aromatic hydroxyl groups is 1. The van der Waals surface area contributed by atoms with E-state index in [1.807, 2.05) is 48.5 Å². The van der Waals surface area contributed by atoms with Gasteiger partial charge >= 0.3 is 0 Å². The molecule has 3 rings (SSSR count). The molecule has 0 aliphatic carbocycles. The summed E-state index contributed by atoms with van der Waals surface area (Å²) in [5.74, 6) is -0.128. The van der Waals surface area contributed by atoms with Gasteiger partial charge in [-0.2, -0.15) is 10.2 Å². The molecule has 8 nitrogen and oxygen atoms in total. The number of aromatic nitrogens is 2. The molecule has 2 aromatic carbocycles. The van der Waals surface area contributed by atoms with Crippen molar-refractivity contribution in [3.8, 4) is 17.2 Å². The summed E-state index contributed by atoms with van der Waals surface area (Å²) in [5, 5.41) is 18.3. The lowest BCUT2D eigenvalue weighted by Crippen LogP contribution is -2.20. The second kappa shape index (κ2) is 9.03. The first kappa shape index (κ1) is 20.1. The minimum absolute atomic E-state index is 0.111. The summed E-state index contributed by atoms with van der Waals surface area (Å²) in [4.78, 5) is 12.4. The summed E-state index contributed by atoms with van der Waals surface area (Å²) >= 11 is 0. The summed E-state index contributed by atoms with van der Waals surface area (Å²) in [6.07, 6.45) is 1.38. The number of benzene rings is 2. The lowest BCUT2D eigenvalue weighted by Gasteiger charge is -2.10. The molecule has 1 heterocycles. The SMILES string of the molecule is COCc1cc(/C(C)=N\NC(=O)c2nn(-c3ccccc3)cc2O)ccc1OC. The molecule has 0 atom stereocenters. The average Bonchev–Trinajstić information content (AvgIpc) is 3.14. The van der Waals surface area contributed by atoms with Crippen LogP contribution in [0.3, 0.4) is 0 Å². The molecule has 0 spiro atoms. The standard InChI is InChI=1S/C21H22N4O4/c1-14(15-9-10-19(29-3)16(11-15)13-28-2)22-23-21(27)20-18(26)12-25(24-20)17-7-5-4-6-8-17/h4-12,26H,13H2,1-3H3,(H,23,27)/b22-14-. The number of para-hydroxylation sites is 1. The predicted octanol–water partition coefficient (Wildman–Crippen LogP) is 2.89. The molecule has 0 aliphatic rings. The number of hydrogen-bond acceptors (Lipinski definition) is 6. The molecule has 1 aromatic heterocycles. The third-order valence-electron chi connectivity index (χ3n) is 4.25. The van der Waals surface area contributed by atoms with E-state index >= 15 is 0 Å². The Bertz CT molecular complexity index is 1030. The summed E-state index contributed by atoms with van der Waals surface area (Å²) < 4.78 is 11.9. The van der Waals surface area contributed by atoms with Crippen molar-refractivity contribution in [3.63, 3.8) is 0 Å². The van der Waals surface area contributed by atoms with Gasteiger partial charge in [-0.3, -0.25) is 4.79 Å². The first-order valence-corrected chi connectivity index (χ1v) is 8.88. The van der Waals surface area contributed by atoms with Crippen molar-refractivity contribution in [1.29, 1.82) is 0 Å². The van der Waals surface area contributed by atoms with Gasteiger partial charge in [0.1, 0.15) is 5.75 Å². The Balaban J connectivity index is 1.77. The van der Waals surface area contributed by atoms with Crippen LogP contribution in [0.25, 0.3) is 5.69 Å². The highest BCUT2D eigenvalue weighted by Crippen LogP contribution is 2.21. The molecule has 150 valence electrons. The fraction of sp³-hybridized carbons (Fsp3) is 0.190. The van der Waals surface area contributed by atoms with Gasteiger partial charge in [0.05, 0.1) is 31.3 Å². The van der Waals surface area contributed by atoms with Crippen molar-refractivity contribution in [2.24, 2.45) is 5.10 Å². The Morgan fingerprint density at radius 1 is 1.21 bits per heavy atom.